The molecule has 0 aliphatic carbocycles. The Bertz CT molecular complexity index is 952. The van der Waals surface area contributed by atoms with E-state index in [1.165, 1.54) is 0 Å². The van der Waals surface area contributed by atoms with E-state index in [0.29, 0.717) is 17.9 Å². The van der Waals surface area contributed by atoms with E-state index in [-0.39, 0.29) is 18.6 Å². The average molecular weight is 424 g/mol. The predicted octanol–water partition coefficient (Wildman–Crippen LogP) is 1.71. The highest BCUT2D eigenvalue weighted by Crippen LogP contribution is 2.28. The lowest BCUT2D eigenvalue weighted by Crippen LogP contribution is -2.49. The van der Waals surface area contributed by atoms with Crippen LogP contribution < -0.4 is 10.2 Å². The number of nitrogens with zero attached hydrogens (tertiary/aromatic N) is 6. The van der Waals surface area contributed by atoms with Crippen molar-refractivity contribution in [2.75, 3.05) is 49.5 Å². The molecular formula is C22H29N7O2. The Morgan fingerprint density at radius 1 is 1.26 bits per heavy atom. The summed E-state index contributed by atoms with van der Waals surface area (Å²) in [6.07, 6.45) is 5.66. The van der Waals surface area contributed by atoms with Gasteiger partial charge in [-0.15, -0.1) is 0 Å². The van der Waals surface area contributed by atoms with Gasteiger partial charge in [-0.3, -0.25) is 9.69 Å². The quantitative estimate of drug-likeness (QED) is 0.755. The van der Waals surface area contributed by atoms with Crippen LogP contribution in [0.5, 0.6) is 0 Å². The molecule has 0 bridgehead atoms. The van der Waals surface area contributed by atoms with E-state index < -0.39 is 0 Å². The maximum atomic E-state index is 12.9. The molecule has 9 heteroatoms. The van der Waals surface area contributed by atoms with Crippen molar-refractivity contribution >= 4 is 17.7 Å². The fourth-order valence-corrected chi connectivity index (χ4v) is 4.29. The van der Waals surface area contributed by atoms with E-state index in [1.54, 1.807) is 18.5 Å². The lowest BCUT2D eigenvalue weighted by atomic mass is 10.2. The topological polar surface area (TPSA) is 99.3 Å². The molecule has 31 heavy (non-hydrogen) atoms. The number of hydrogen-bond donors (Lipinski definition) is 1. The minimum Gasteiger partial charge on any atom is -0.376 e. The molecule has 2 aromatic rings. The van der Waals surface area contributed by atoms with Gasteiger partial charge < -0.3 is 19.5 Å². The van der Waals surface area contributed by atoms with Crippen LogP contribution in [0.4, 0.5) is 11.8 Å². The van der Waals surface area contributed by atoms with E-state index in [0.717, 1.165) is 62.8 Å². The number of carbonyl (C=O) groups is 1. The van der Waals surface area contributed by atoms with Crippen LogP contribution in [-0.2, 0) is 16.1 Å². The second-order valence-electron chi connectivity index (χ2n) is 8.15. The minimum absolute atomic E-state index is 0.105. The van der Waals surface area contributed by atoms with Gasteiger partial charge in [-0.05, 0) is 38.3 Å². The molecule has 0 aromatic carbocycles. The molecule has 9 nitrogen and oxygen atoms in total. The van der Waals surface area contributed by atoms with E-state index in [9.17, 15) is 10.1 Å². The van der Waals surface area contributed by atoms with Crippen LogP contribution in [0.2, 0.25) is 0 Å². The van der Waals surface area contributed by atoms with Crippen molar-refractivity contribution in [1.29, 1.82) is 5.26 Å². The Morgan fingerprint density at radius 3 is 2.65 bits per heavy atom. The third-order valence-electron chi connectivity index (χ3n) is 6.18. The monoisotopic (exact) mass is 423 g/mol. The SMILES string of the molecule is Cc1c(C#N)c(NC(=O)CN2CCN(c3ncccn3)CC2)n(CC2CCCO2)c1C. The van der Waals surface area contributed by atoms with E-state index in [2.05, 4.69) is 31.2 Å². The summed E-state index contributed by atoms with van der Waals surface area (Å²) in [6.45, 7) is 8.69. The summed E-state index contributed by atoms with van der Waals surface area (Å²) in [5.41, 5.74) is 2.45. The highest BCUT2D eigenvalue weighted by atomic mass is 16.5. The summed E-state index contributed by atoms with van der Waals surface area (Å²) >= 11 is 0. The average Bonchev–Trinajstić information content (AvgIpc) is 3.38. The Labute approximate surface area is 182 Å². The normalized spacial score (nSPS) is 19.4. The summed E-state index contributed by atoms with van der Waals surface area (Å²) in [5, 5.41) is 12.7. The summed E-state index contributed by atoms with van der Waals surface area (Å²) in [6, 6.07) is 4.08. The molecule has 2 aromatic heterocycles. The highest BCUT2D eigenvalue weighted by Gasteiger charge is 2.25. The molecule has 0 spiro atoms. The Kier molecular flexibility index (Phi) is 6.49. The molecule has 2 aliphatic rings. The van der Waals surface area contributed by atoms with E-state index in [4.69, 9.17) is 4.74 Å². The number of hydrogen-bond acceptors (Lipinski definition) is 7. The third kappa shape index (κ3) is 4.70. The van der Waals surface area contributed by atoms with E-state index in [1.807, 2.05) is 18.4 Å². The second-order valence-corrected chi connectivity index (χ2v) is 8.15. The van der Waals surface area contributed by atoms with Crippen molar-refractivity contribution in [1.82, 2.24) is 19.4 Å². The van der Waals surface area contributed by atoms with Gasteiger partial charge in [-0.25, -0.2) is 9.97 Å². The van der Waals surface area contributed by atoms with Crippen LogP contribution in [-0.4, -0.2) is 70.8 Å². The molecule has 0 radical (unpaired) electrons. The number of amides is 1. The molecule has 1 unspecified atom stereocenters. The largest absolute Gasteiger partial charge is 0.376 e. The minimum atomic E-state index is -0.105. The number of anilines is 2. The fourth-order valence-electron chi connectivity index (χ4n) is 4.29. The Hall–Kier alpha value is -2.96. The van der Waals surface area contributed by atoms with Gasteiger partial charge in [0.2, 0.25) is 11.9 Å². The van der Waals surface area contributed by atoms with Gasteiger partial charge in [-0.2, -0.15) is 5.26 Å². The first-order chi connectivity index (χ1) is 15.1. The molecule has 0 saturated carbocycles. The van der Waals surface area contributed by atoms with Crippen molar-refractivity contribution < 1.29 is 9.53 Å². The molecule has 1 N–H and O–H groups in total. The molecule has 4 heterocycles. The first-order valence-electron chi connectivity index (χ1n) is 10.8. The molecule has 4 rings (SSSR count). The smallest absolute Gasteiger partial charge is 0.239 e. The summed E-state index contributed by atoms with van der Waals surface area (Å²) in [5.74, 6) is 1.21. The van der Waals surface area contributed by atoms with E-state index >= 15 is 0 Å². The fraction of sp³-hybridized carbons (Fsp3) is 0.545. The van der Waals surface area contributed by atoms with Gasteiger partial charge >= 0.3 is 0 Å². The van der Waals surface area contributed by atoms with Gasteiger partial charge in [-0.1, -0.05) is 0 Å². The van der Waals surface area contributed by atoms with Gasteiger partial charge in [0, 0.05) is 50.9 Å². The van der Waals surface area contributed by atoms with Gasteiger partial charge in [0.15, 0.2) is 0 Å². The molecular weight excluding hydrogens is 394 g/mol. The van der Waals surface area contributed by atoms with Crippen molar-refractivity contribution in [3.63, 3.8) is 0 Å². The molecule has 1 atom stereocenters. The lowest BCUT2D eigenvalue weighted by molar-refractivity contribution is -0.117. The maximum absolute atomic E-state index is 12.9. The van der Waals surface area contributed by atoms with Crippen LogP contribution >= 0.6 is 0 Å². The molecule has 2 fully saturated rings. The predicted molar refractivity (Wildman–Crippen MR) is 117 cm³/mol. The zero-order valence-corrected chi connectivity index (χ0v) is 18.2. The van der Waals surface area contributed by atoms with Crippen LogP contribution in [0.1, 0.15) is 29.7 Å². The summed E-state index contributed by atoms with van der Waals surface area (Å²) in [4.78, 5) is 25.7. The summed E-state index contributed by atoms with van der Waals surface area (Å²) < 4.78 is 7.82. The zero-order chi connectivity index (χ0) is 21.8. The van der Waals surface area contributed by atoms with Crippen LogP contribution in [0.15, 0.2) is 18.5 Å². The first kappa shape index (κ1) is 21.3. The highest BCUT2D eigenvalue weighted by molar-refractivity contribution is 5.93. The number of aromatic nitrogens is 3. The van der Waals surface area contributed by atoms with Crippen molar-refractivity contribution in [3.8, 4) is 6.07 Å². The Balaban J connectivity index is 1.39. The number of nitrogens with one attached hydrogen (secondary N) is 1. The second kappa shape index (κ2) is 9.45. The van der Waals surface area contributed by atoms with Crippen LogP contribution in [0.25, 0.3) is 0 Å². The molecule has 2 saturated heterocycles. The van der Waals surface area contributed by atoms with Crippen molar-refractivity contribution in [2.24, 2.45) is 0 Å². The van der Waals surface area contributed by atoms with Gasteiger partial charge in [0.05, 0.1) is 24.8 Å². The van der Waals surface area contributed by atoms with Crippen LogP contribution in [0.3, 0.4) is 0 Å². The van der Waals surface area contributed by atoms with Gasteiger partial charge in [0.25, 0.3) is 0 Å². The lowest BCUT2D eigenvalue weighted by Gasteiger charge is -2.34. The third-order valence-corrected chi connectivity index (χ3v) is 6.18. The summed E-state index contributed by atoms with van der Waals surface area (Å²) in [7, 11) is 0. The van der Waals surface area contributed by atoms with Crippen molar-refractivity contribution in [2.45, 2.75) is 39.3 Å². The first-order valence-corrected chi connectivity index (χ1v) is 10.8. The van der Waals surface area contributed by atoms with Gasteiger partial charge in [0.1, 0.15) is 11.9 Å². The van der Waals surface area contributed by atoms with Crippen molar-refractivity contribution in [3.05, 3.63) is 35.3 Å². The number of nitriles is 1. The maximum Gasteiger partial charge on any atom is 0.239 e. The number of ether oxygens (including phenoxy) is 1. The zero-order valence-electron chi connectivity index (χ0n) is 18.2. The van der Waals surface area contributed by atoms with Crippen LogP contribution in [0, 0.1) is 25.2 Å². The molecule has 164 valence electrons. The number of piperazine rings is 1. The molecule has 2 aliphatic heterocycles. The Morgan fingerprint density at radius 2 is 2.00 bits per heavy atom. The molecule has 1 amide bonds. The standard InChI is InChI=1S/C22H29N7O2/c1-16-17(2)29(14-18-5-3-12-31-18)21(19(16)13-23)26-20(30)15-27-8-10-28(11-9-27)22-24-6-4-7-25-22/h4,6-7,18H,3,5,8-12,14-15H2,1-2H3,(H,26,30). The number of rotatable bonds is 6. The number of carbonyl (C=O) groups excluding carboxylic acids is 1.